The van der Waals surface area contributed by atoms with Gasteiger partial charge in [-0.15, -0.1) is 12.4 Å². The lowest BCUT2D eigenvalue weighted by molar-refractivity contribution is -0.00393. The van der Waals surface area contributed by atoms with Gasteiger partial charge in [0.1, 0.15) is 0 Å². The van der Waals surface area contributed by atoms with Gasteiger partial charge in [-0.3, -0.25) is 0 Å². The van der Waals surface area contributed by atoms with E-state index in [-0.39, 0.29) is 12.4 Å². The smallest absolute Gasteiger partial charge is 0.0471 e. The molecule has 0 aliphatic carbocycles. The zero-order valence-corrected chi connectivity index (χ0v) is 12.7. The van der Waals surface area contributed by atoms with Gasteiger partial charge in [0.25, 0.3) is 0 Å². The van der Waals surface area contributed by atoms with E-state index in [4.69, 9.17) is 4.74 Å². The summed E-state index contributed by atoms with van der Waals surface area (Å²) in [5.41, 5.74) is 0.548. The van der Waals surface area contributed by atoms with Crippen LogP contribution in [0.3, 0.4) is 0 Å². The normalized spacial score (nSPS) is 28.0. The third-order valence-electron chi connectivity index (χ3n) is 4.73. The zero-order valence-electron chi connectivity index (χ0n) is 11.9. The predicted molar refractivity (Wildman–Crippen MR) is 78.5 cm³/mol. The lowest BCUT2D eigenvalue weighted by Crippen LogP contribution is -2.40. The Morgan fingerprint density at radius 3 is 2.67 bits per heavy atom. The molecule has 0 aromatic carbocycles. The molecule has 2 saturated heterocycles. The van der Waals surface area contributed by atoms with Crippen LogP contribution in [-0.4, -0.2) is 51.3 Å². The maximum Gasteiger partial charge on any atom is 0.0471 e. The number of ether oxygens (including phenoxy) is 1. The summed E-state index contributed by atoms with van der Waals surface area (Å²) in [6.07, 6.45) is 5.20. The van der Waals surface area contributed by atoms with Crippen molar-refractivity contribution in [1.82, 2.24) is 10.2 Å². The van der Waals surface area contributed by atoms with Crippen molar-refractivity contribution in [3.05, 3.63) is 0 Å². The van der Waals surface area contributed by atoms with E-state index in [1.54, 1.807) is 0 Å². The topological polar surface area (TPSA) is 24.5 Å². The number of nitrogens with one attached hydrogen (secondary N) is 1. The summed E-state index contributed by atoms with van der Waals surface area (Å²) in [5, 5.41) is 3.31. The molecule has 3 nitrogen and oxygen atoms in total. The summed E-state index contributed by atoms with van der Waals surface area (Å²) >= 11 is 0. The van der Waals surface area contributed by atoms with E-state index in [9.17, 15) is 0 Å². The molecular formula is C14H29ClN2O. The van der Waals surface area contributed by atoms with Crippen molar-refractivity contribution in [3.63, 3.8) is 0 Å². The maximum atomic E-state index is 5.52. The monoisotopic (exact) mass is 276 g/mol. The third kappa shape index (κ3) is 4.09. The van der Waals surface area contributed by atoms with Gasteiger partial charge in [0, 0.05) is 26.3 Å². The molecule has 0 saturated carbocycles. The summed E-state index contributed by atoms with van der Waals surface area (Å²) in [4.78, 5) is 2.69. The average Bonchev–Trinajstić information content (AvgIpc) is 2.78. The molecule has 0 bridgehead atoms. The number of hydrogen-bond acceptors (Lipinski definition) is 3. The van der Waals surface area contributed by atoms with Crippen LogP contribution in [0.1, 0.15) is 32.6 Å². The van der Waals surface area contributed by atoms with Crippen molar-refractivity contribution >= 4 is 12.4 Å². The third-order valence-corrected chi connectivity index (χ3v) is 4.73. The molecule has 2 heterocycles. The van der Waals surface area contributed by atoms with Gasteiger partial charge in [0.2, 0.25) is 0 Å². The highest BCUT2D eigenvalue weighted by Crippen LogP contribution is 2.36. The van der Waals surface area contributed by atoms with E-state index in [0.29, 0.717) is 5.41 Å². The van der Waals surface area contributed by atoms with Crippen LogP contribution in [0.5, 0.6) is 0 Å². The highest BCUT2D eigenvalue weighted by molar-refractivity contribution is 5.85. The molecule has 2 rings (SSSR count). The van der Waals surface area contributed by atoms with Crippen LogP contribution in [0, 0.1) is 11.3 Å². The SMILES string of the molecule is CCC1(CN2CCC(CNC)C2)CCOCC1.Cl. The van der Waals surface area contributed by atoms with Gasteiger partial charge in [-0.2, -0.15) is 0 Å². The Morgan fingerprint density at radius 1 is 1.33 bits per heavy atom. The summed E-state index contributed by atoms with van der Waals surface area (Å²) < 4.78 is 5.52. The van der Waals surface area contributed by atoms with Gasteiger partial charge < -0.3 is 15.0 Å². The fraction of sp³-hybridized carbons (Fsp3) is 1.00. The Morgan fingerprint density at radius 2 is 2.06 bits per heavy atom. The Labute approximate surface area is 118 Å². The van der Waals surface area contributed by atoms with E-state index in [0.717, 1.165) is 19.1 Å². The van der Waals surface area contributed by atoms with Gasteiger partial charge in [0.15, 0.2) is 0 Å². The second-order valence-electron chi connectivity index (χ2n) is 5.91. The Bertz CT molecular complexity index is 232. The molecule has 1 N–H and O–H groups in total. The Hall–Kier alpha value is 0.170. The summed E-state index contributed by atoms with van der Waals surface area (Å²) in [5.74, 6) is 0.869. The van der Waals surface area contributed by atoms with Crippen molar-refractivity contribution < 1.29 is 4.74 Å². The predicted octanol–water partition coefficient (Wildman–Crippen LogP) is 2.16. The molecular weight excluding hydrogens is 248 g/mol. The van der Waals surface area contributed by atoms with Crippen molar-refractivity contribution in [2.24, 2.45) is 11.3 Å². The molecule has 0 aromatic heterocycles. The Kier molecular flexibility index (Phi) is 6.93. The van der Waals surface area contributed by atoms with Crippen LogP contribution < -0.4 is 5.32 Å². The first kappa shape index (κ1) is 16.2. The van der Waals surface area contributed by atoms with Crippen molar-refractivity contribution in [2.45, 2.75) is 32.6 Å². The highest BCUT2D eigenvalue weighted by Gasteiger charge is 2.34. The highest BCUT2D eigenvalue weighted by atomic mass is 35.5. The van der Waals surface area contributed by atoms with Gasteiger partial charge >= 0.3 is 0 Å². The minimum Gasteiger partial charge on any atom is -0.381 e. The summed E-state index contributed by atoms with van der Waals surface area (Å²) in [6, 6.07) is 0. The standard InChI is InChI=1S/C14H28N2O.ClH/c1-3-14(5-8-17-9-6-14)12-16-7-4-13(11-16)10-15-2;/h13,15H,3-12H2,1-2H3;1H. The molecule has 1 unspecified atom stereocenters. The number of rotatable bonds is 5. The average molecular weight is 277 g/mol. The molecule has 2 aliphatic heterocycles. The number of nitrogens with zero attached hydrogens (tertiary/aromatic N) is 1. The van der Waals surface area contributed by atoms with E-state index >= 15 is 0 Å². The summed E-state index contributed by atoms with van der Waals surface area (Å²) in [7, 11) is 2.06. The number of halogens is 1. The van der Waals surface area contributed by atoms with E-state index < -0.39 is 0 Å². The first-order chi connectivity index (χ1) is 8.28. The van der Waals surface area contributed by atoms with Gasteiger partial charge in [-0.1, -0.05) is 6.92 Å². The van der Waals surface area contributed by atoms with Crippen LogP contribution in [0.25, 0.3) is 0 Å². The second kappa shape index (κ2) is 7.68. The van der Waals surface area contributed by atoms with E-state index in [1.807, 2.05) is 0 Å². The largest absolute Gasteiger partial charge is 0.381 e. The molecule has 108 valence electrons. The molecule has 0 radical (unpaired) electrons. The first-order valence-electron chi connectivity index (χ1n) is 7.23. The van der Waals surface area contributed by atoms with E-state index in [2.05, 4.69) is 24.2 Å². The van der Waals surface area contributed by atoms with Crippen molar-refractivity contribution in [2.75, 3.05) is 46.4 Å². The molecule has 0 amide bonds. The fourth-order valence-corrected chi connectivity index (χ4v) is 3.41. The van der Waals surface area contributed by atoms with Gasteiger partial charge in [-0.05, 0) is 57.2 Å². The lowest BCUT2D eigenvalue weighted by atomic mass is 9.77. The zero-order chi connectivity index (χ0) is 12.1. The molecule has 4 heteroatoms. The first-order valence-corrected chi connectivity index (χ1v) is 7.23. The number of hydrogen-bond donors (Lipinski definition) is 1. The quantitative estimate of drug-likeness (QED) is 0.833. The fourth-order valence-electron chi connectivity index (χ4n) is 3.41. The van der Waals surface area contributed by atoms with Gasteiger partial charge in [0.05, 0.1) is 0 Å². The molecule has 2 aliphatic rings. The summed E-state index contributed by atoms with van der Waals surface area (Å²) in [6.45, 7) is 9.37. The van der Waals surface area contributed by atoms with Crippen LogP contribution >= 0.6 is 12.4 Å². The second-order valence-corrected chi connectivity index (χ2v) is 5.91. The molecule has 0 spiro atoms. The van der Waals surface area contributed by atoms with Crippen LogP contribution in [0.15, 0.2) is 0 Å². The van der Waals surface area contributed by atoms with Crippen molar-refractivity contribution in [1.29, 1.82) is 0 Å². The van der Waals surface area contributed by atoms with Crippen LogP contribution in [0.2, 0.25) is 0 Å². The van der Waals surface area contributed by atoms with Crippen LogP contribution in [-0.2, 0) is 4.74 Å². The molecule has 0 aromatic rings. The lowest BCUT2D eigenvalue weighted by Gasteiger charge is -2.39. The van der Waals surface area contributed by atoms with Crippen molar-refractivity contribution in [3.8, 4) is 0 Å². The van der Waals surface area contributed by atoms with Gasteiger partial charge in [-0.25, -0.2) is 0 Å². The number of likely N-dealkylation sites (tertiary alicyclic amines) is 1. The molecule has 18 heavy (non-hydrogen) atoms. The Balaban J connectivity index is 0.00000162. The van der Waals surface area contributed by atoms with Crippen LogP contribution in [0.4, 0.5) is 0 Å². The maximum absolute atomic E-state index is 5.52. The minimum atomic E-state index is 0. The molecule has 2 fully saturated rings. The molecule has 1 atom stereocenters. The minimum absolute atomic E-state index is 0. The van der Waals surface area contributed by atoms with E-state index in [1.165, 1.54) is 51.9 Å².